The molecule has 0 aliphatic carbocycles. The third kappa shape index (κ3) is 2.47. The van der Waals surface area contributed by atoms with Crippen molar-refractivity contribution in [3.8, 4) is 0 Å². The molecule has 0 saturated carbocycles. The van der Waals surface area contributed by atoms with Gasteiger partial charge in [0.25, 0.3) is 0 Å². The monoisotopic (exact) mass is 276 g/mol. The van der Waals surface area contributed by atoms with E-state index in [9.17, 15) is 4.79 Å². The maximum atomic E-state index is 12.3. The Morgan fingerprint density at radius 1 is 1.30 bits per heavy atom. The zero-order valence-electron chi connectivity index (χ0n) is 12.0. The number of rotatable bonds is 2. The van der Waals surface area contributed by atoms with Gasteiger partial charge in [-0.2, -0.15) is 0 Å². The van der Waals surface area contributed by atoms with Gasteiger partial charge in [0.05, 0.1) is 30.5 Å². The lowest BCUT2D eigenvalue weighted by molar-refractivity contribution is -0.140. The standard InChI is InChI=1S/C14H20N4O2/c1-10-7-15-11(2)13(16-10)18-8-12(9-18)14(19)17-3-5-20-6-4-17/h7,12H,3-6,8-9H2,1-2H3. The zero-order valence-corrected chi connectivity index (χ0v) is 12.0. The summed E-state index contributed by atoms with van der Waals surface area (Å²) < 4.78 is 5.28. The van der Waals surface area contributed by atoms with Crippen molar-refractivity contribution in [1.29, 1.82) is 0 Å². The zero-order chi connectivity index (χ0) is 14.1. The molecule has 2 fully saturated rings. The number of aryl methyl sites for hydroxylation is 2. The molecule has 3 heterocycles. The van der Waals surface area contributed by atoms with Gasteiger partial charge in [-0.1, -0.05) is 0 Å². The second kappa shape index (κ2) is 5.36. The van der Waals surface area contributed by atoms with Crippen LogP contribution in [0, 0.1) is 19.8 Å². The van der Waals surface area contributed by atoms with E-state index in [1.54, 1.807) is 6.20 Å². The van der Waals surface area contributed by atoms with Gasteiger partial charge in [-0.3, -0.25) is 9.78 Å². The Labute approximate surface area is 118 Å². The fourth-order valence-corrected chi connectivity index (χ4v) is 2.67. The molecule has 0 bridgehead atoms. The summed E-state index contributed by atoms with van der Waals surface area (Å²) >= 11 is 0. The van der Waals surface area contributed by atoms with Crippen LogP contribution < -0.4 is 4.90 Å². The van der Waals surface area contributed by atoms with Crippen molar-refractivity contribution in [2.45, 2.75) is 13.8 Å². The maximum Gasteiger partial charge on any atom is 0.229 e. The van der Waals surface area contributed by atoms with E-state index in [4.69, 9.17) is 4.74 Å². The van der Waals surface area contributed by atoms with Gasteiger partial charge in [0, 0.05) is 32.4 Å². The van der Waals surface area contributed by atoms with E-state index < -0.39 is 0 Å². The lowest BCUT2D eigenvalue weighted by Crippen LogP contribution is -2.56. The van der Waals surface area contributed by atoms with Crippen molar-refractivity contribution in [2.24, 2.45) is 5.92 Å². The number of carbonyl (C=O) groups is 1. The quantitative estimate of drug-likeness (QED) is 0.782. The van der Waals surface area contributed by atoms with E-state index in [1.807, 2.05) is 18.7 Å². The third-order valence-corrected chi connectivity index (χ3v) is 3.90. The highest BCUT2D eigenvalue weighted by Crippen LogP contribution is 2.26. The van der Waals surface area contributed by atoms with Crippen LogP contribution in [-0.2, 0) is 9.53 Å². The van der Waals surface area contributed by atoms with Gasteiger partial charge in [-0.05, 0) is 13.8 Å². The van der Waals surface area contributed by atoms with E-state index in [-0.39, 0.29) is 11.8 Å². The highest BCUT2D eigenvalue weighted by Gasteiger charge is 2.37. The molecule has 6 heteroatoms. The Morgan fingerprint density at radius 3 is 2.70 bits per heavy atom. The second-order valence-electron chi connectivity index (χ2n) is 5.46. The summed E-state index contributed by atoms with van der Waals surface area (Å²) in [6.07, 6.45) is 1.77. The van der Waals surface area contributed by atoms with Gasteiger partial charge in [0.2, 0.25) is 5.91 Å². The first-order valence-electron chi connectivity index (χ1n) is 7.07. The van der Waals surface area contributed by atoms with Gasteiger partial charge in [0.15, 0.2) is 0 Å². The van der Waals surface area contributed by atoms with Gasteiger partial charge in [-0.15, -0.1) is 0 Å². The summed E-state index contributed by atoms with van der Waals surface area (Å²) in [6, 6.07) is 0. The predicted molar refractivity (Wildman–Crippen MR) is 74.6 cm³/mol. The summed E-state index contributed by atoms with van der Waals surface area (Å²) in [5, 5.41) is 0. The molecule has 0 aromatic carbocycles. The molecule has 0 atom stereocenters. The summed E-state index contributed by atoms with van der Waals surface area (Å²) in [5.41, 5.74) is 1.83. The van der Waals surface area contributed by atoms with E-state index in [1.165, 1.54) is 0 Å². The van der Waals surface area contributed by atoms with Crippen LogP contribution in [-0.4, -0.2) is 60.2 Å². The van der Waals surface area contributed by atoms with Crippen LogP contribution in [0.3, 0.4) is 0 Å². The Balaban J connectivity index is 1.60. The first-order chi connectivity index (χ1) is 9.65. The number of ether oxygens (including phenoxy) is 1. The molecule has 108 valence electrons. The smallest absolute Gasteiger partial charge is 0.229 e. The number of amides is 1. The summed E-state index contributed by atoms with van der Waals surface area (Å²) in [6.45, 7) is 8.14. The van der Waals surface area contributed by atoms with Crippen molar-refractivity contribution in [2.75, 3.05) is 44.3 Å². The van der Waals surface area contributed by atoms with Crippen LogP contribution in [0.1, 0.15) is 11.4 Å². The van der Waals surface area contributed by atoms with Crippen LogP contribution in [0.4, 0.5) is 5.82 Å². The van der Waals surface area contributed by atoms with Crippen LogP contribution in [0.15, 0.2) is 6.20 Å². The molecule has 1 aromatic heterocycles. The molecule has 6 nitrogen and oxygen atoms in total. The fourth-order valence-electron chi connectivity index (χ4n) is 2.67. The molecule has 20 heavy (non-hydrogen) atoms. The van der Waals surface area contributed by atoms with Crippen molar-refractivity contribution >= 4 is 11.7 Å². The summed E-state index contributed by atoms with van der Waals surface area (Å²) in [7, 11) is 0. The Hall–Kier alpha value is -1.69. The molecular formula is C14H20N4O2. The maximum absolute atomic E-state index is 12.3. The molecule has 0 unspecified atom stereocenters. The van der Waals surface area contributed by atoms with E-state index in [0.29, 0.717) is 13.2 Å². The minimum Gasteiger partial charge on any atom is -0.378 e. The predicted octanol–water partition coefficient (Wildman–Crippen LogP) is 0.388. The highest BCUT2D eigenvalue weighted by atomic mass is 16.5. The average molecular weight is 276 g/mol. The van der Waals surface area contributed by atoms with Crippen LogP contribution in [0.5, 0.6) is 0 Å². The van der Waals surface area contributed by atoms with Crippen molar-refractivity contribution < 1.29 is 9.53 Å². The van der Waals surface area contributed by atoms with Crippen molar-refractivity contribution in [1.82, 2.24) is 14.9 Å². The lowest BCUT2D eigenvalue weighted by atomic mass is 9.98. The lowest BCUT2D eigenvalue weighted by Gasteiger charge is -2.42. The van der Waals surface area contributed by atoms with E-state index >= 15 is 0 Å². The third-order valence-electron chi connectivity index (χ3n) is 3.90. The molecular weight excluding hydrogens is 256 g/mol. The molecule has 0 N–H and O–H groups in total. The Kier molecular flexibility index (Phi) is 3.56. The Bertz CT molecular complexity index is 508. The Morgan fingerprint density at radius 2 is 2.00 bits per heavy atom. The molecule has 1 aromatic rings. The number of hydrogen-bond donors (Lipinski definition) is 0. The average Bonchev–Trinajstić information content (AvgIpc) is 2.42. The minimum atomic E-state index is 0.0924. The molecule has 3 rings (SSSR count). The number of nitrogens with zero attached hydrogens (tertiary/aromatic N) is 4. The minimum absolute atomic E-state index is 0.0924. The largest absolute Gasteiger partial charge is 0.378 e. The normalized spacial score (nSPS) is 19.9. The summed E-state index contributed by atoms with van der Waals surface area (Å²) in [4.78, 5) is 25.2. The van der Waals surface area contributed by atoms with E-state index in [0.717, 1.165) is 43.4 Å². The molecule has 0 spiro atoms. The van der Waals surface area contributed by atoms with Gasteiger partial charge in [0.1, 0.15) is 5.82 Å². The summed E-state index contributed by atoms with van der Waals surface area (Å²) in [5.74, 6) is 1.26. The topological polar surface area (TPSA) is 58.6 Å². The molecule has 1 amide bonds. The van der Waals surface area contributed by atoms with Gasteiger partial charge in [-0.25, -0.2) is 4.98 Å². The van der Waals surface area contributed by atoms with Crippen LogP contribution in [0.2, 0.25) is 0 Å². The first-order valence-corrected chi connectivity index (χ1v) is 7.07. The SMILES string of the molecule is Cc1cnc(C)c(N2CC(C(=O)N3CCOCC3)C2)n1. The van der Waals surface area contributed by atoms with Gasteiger partial charge >= 0.3 is 0 Å². The highest BCUT2D eigenvalue weighted by molar-refractivity contribution is 5.82. The van der Waals surface area contributed by atoms with Gasteiger partial charge < -0.3 is 14.5 Å². The molecule has 2 aliphatic rings. The van der Waals surface area contributed by atoms with Crippen LogP contribution in [0.25, 0.3) is 0 Å². The number of hydrogen-bond acceptors (Lipinski definition) is 5. The van der Waals surface area contributed by atoms with Crippen molar-refractivity contribution in [3.05, 3.63) is 17.6 Å². The molecule has 2 saturated heterocycles. The van der Waals surface area contributed by atoms with Crippen LogP contribution >= 0.6 is 0 Å². The number of carbonyl (C=O) groups excluding carboxylic acids is 1. The second-order valence-corrected chi connectivity index (χ2v) is 5.46. The number of morpholine rings is 1. The molecule has 0 radical (unpaired) electrons. The van der Waals surface area contributed by atoms with Crippen molar-refractivity contribution in [3.63, 3.8) is 0 Å². The fraction of sp³-hybridized carbons (Fsp3) is 0.643. The number of aromatic nitrogens is 2. The first kappa shape index (κ1) is 13.3. The van der Waals surface area contributed by atoms with E-state index in [2.05, 4.69) is 14.9 Å². The number of anilines is 1. The molecule has 2 aliphatic heterocycles.